The molecule has 1 aliphatic heterocycles. The van der Waals surface area contributed by atoms with Crippen molar-refractivity contribution in [1.82, 2.24) is 9.80 Å². The summed E-state index contributed by atoms with van der Waals surface area (Å²) < 4.78 is 9.98. The third kappa shape index (κ3) is 7.18. The van der Waals surface area contributed by atoms with Gasteiger partial charge in [0.05, 0.1) is 7.11 Å². The van der Waals surface area contributed by atoms with E-state index in [-0.39, 0.29) is 5.91 Å². The van der Waals surface area contributed by atoms with Crippen LogP contribution in [0.5, 0.6) is 0 Å². The highest BCUT2D eigenvalue weighted by atomic mass is 16.5. The lowest BCUT2D eigenvalue weighted by Crippen LogP contribution is -2.32. The van der Waals surface area contributed by atoms with Crippen molar-refractivity contribution in [3.63, 3.8) is 0 Å². The van der Waals surface area contributed by atoms with E-state index in [0.29, 0.717) is 24.3 Å². The molecule has 0 radical (unpaired) electrons. The SMILES string of the molecule is CCN(CC)C(=O)c1ccc(C(=C2CCN(CCCOC)CC2)c2cccc(NC(=O)OC)c2)cc1. The number of hydrogen-bond acceptors (Lipinski definition) is 5. The van der Waals surface area contributed by atoms with Gasteiger partial charge >= 0.3 is 6.09 Å². The van der Waals surface area contributed by atoms with E-state index in [1.54, 1.807) is 7.11 Å². The molecule has 7 heteroatoms. The first-order chi connectivity index (χ1) is 17.5. The molecule has 1 heterocycles. The molecule has 1 saturated heterocycles. The molecule has 3 rings (SSSR count). The van der Waals surface area contributed by atoms with Crippen molar-refractivity contribution < 1.29 is 19.1 Å². The van der Waals surface area contributed by atoms with E-state index >= 15 is 0 Å². The zero-order valence-electron chi connectivity index (χ0n) is 22.0. The summed E-state index contributed by atoms with van der Waals surface area (Å²) in [4.78, 5) is 28.9. The fourth-order valence-electron chi connectivity index (χ4n) is 4.70. The van der Waals surface area contributed by atoms with Crippen LogP contribution in [0.2, 0.25) is 0 Å². The van der Waals surface area contributed by atoms with Gasteiger partial charge in [-0.2, -0.15) is 0 Å². The van der Waals surface area contributed by atoms with Crippen LogP contribution in [0.4, 0.5) is 10.5 Å². The smallest absolute Gasteiger partial charge is 0.411 e. The summed E-state index contributed by atoms with van der Waals surface area (Å²) in [6, 6.07) is 15.8. The Bertz CT molecular complexity index is 1030. The fourth-order valence-corrected chi connectivity index (χ4v) is 4.70. The molecule has 1 aliphatic rings. The van der Waals surface area contributed by atoms with Crippen LogP contribution in [-0.2, 0) is 9.47 Å². The summed E-state index contributed by atoms with van der Waals surface area (Å²) in [5.41, 5.74) is 6.04. The van der Waals surface area contributed by atoms with Crippen LogP contribution in [0.15, 0.2) is 54.1 Å². The molecule has 2 aromatic carbocycles. The lowest BCUT2D eigenvalue weighted by atomic mass is 9.87. The number of rotatable bonds is 10. The van der Waals surface area contributed by atoms with Gasteiger partial charge in [0.15, 0.2) is 0 Å². The molecule has 0 spiro atoms. The quantitative estimate of drug-likeness (QED) is 0.456. The predicted octanol–water partition coefficient (Wildman–Crippen LogP) is 5.28. The van der Waals surface area contributed by atoms with Crippen LogP contribution in [0, 0.1) is 0 Å². The predicted molar refractivity (Wildman–Crippen MR) is 144 cm³/mol. The Hall–Kier alpha value is -3.16. The normalized spacial score (nSPS) is 13.8. The van der Waals surface area contributed by atoms with E-state index in [1.165, 1.54) is 18.3 Å². The molecule has 1 fully saturated rings. The lowest BCUT2D eigenvalue weighted by molar-refractivity contribution is 0.0773. The van der Waals surface area contributed by atoms with Crippen molar-refractivity contribution in [3.05, 3.63) is 70.8 Å². The number of piperidine rings is 1. The molecular formula is C29H39N3O4. The van der Waals surface area contributed by atoms with E-state index < -0.39 is 6.09 Å². The van der Waals surface area contributed by atoms with Gasteiger partial charge in [0, 0.05) is 57.7 Å². The Morgan fingerprint density at radius 1 is 0.944 bits per heavy atom. The molecule has 0 bridgehead atoms. The highest BCUT2D eigenvalue weighted by Gasteiger charge is 2.20. The van der Waals surface area contributed by atoms with Gasteiger partial charge in [0.1, 0.15) is 0 Å². The van der Waals surface area contributed by atoms with Gasteiger partial charge in [0.2, 0.25) is 0 Å². The van der Waals surface area contributed by atoms with Crippen LogP contribution in [0.25, 0.3) is 5.57 Å². The Morgan fingerprint density at radius 2 is 1.61 bits per heavy atom. The Kier molecular flexibility index (Phi) is 10.5. The molecule has 1 N–H and O–H groups in total. The molecule has 2 aromatic rings. The zero-order chi connectivity index (χ0) is 25.9. The average Bonchev–Trinajstić information content (AvgIpc) is 2.91. The number of benzene rings is 2. The molecule has 0 atom stereocenters. The molecule has 0 aliphatic carbocycles. The molecule has 36 heavy (non-hydrogen) atoms. The van der Waals surface area contributed by atoms with Crippen LogP contribution in [0.3, 0.4) is 0 Å². The second kappa shape index (κ2) is 13.8. The molecule has 7 nitrogen and oxygen atoms in total. The van der Waals surface area contributed by atoms with Crippen LogP contribution < -0.4 is 5.32 Å². The summed E-state index contributed by atoms with van der Waals surface area (Å²) in [5, 5.41) is 2.77. The van der Waals surface area contributed by atoms with Gasteiger partial charge in [-0.3, -0.25) is 10.1 Å². The maximum Gasteiger partial charge on any atom is 0.411 e. The summed E-state index contributed by atoms with van der Waals surface area (Å²) in [6.07, 6.45) is 2.48. The zero-order valence-corrected chi connectivity index (χ0v) is 22.0. The number of carbonyl (C=O) groups excluding carboxylic acids is 2. The first kappa shape index (κ1) is 27.4. The van der Waals surface area contributed by atoms with Crippen molar-refractivity contribution in [3.8, 4) is 0 Å². The summed E-state index contributed by atoms with van der Waals surface area (Å²) >= 11 is 0. The average molecular weight is 494 g/mol. The largest absolute Gasteiger partial charge is 0.453 e. The van der Waals surface area contributed by atoms with Crippen LogP contribution in [0.1, 0.15) is 54.6 Å². The van der Waals surface area contributed by atoms with Crippen molar-refractivity contribution in [2.45, 2.75) is 33.1 Å². The third-order valence-corrected chi connectivity index (χ3v) is 6.69. The Morgan fingerprint density at radius 3 is 2.22 bits per heavy atom. The maximum absolute atomic E-state index is 12.8. The number of carbonyl (C=O) groups is 2. The number of anilines is 1. The standard InChI is InChI=1S/C29H39N3O4/c1-5-32(6-2)28(33)24-13-11-22(12-14-24)27(23-15-18-31(19-16-23)17-8-20-35-3)25-9-7-10-26(21-25)30-29(34)36-4/h7,9-14,21H,5-6,8,15-20H2,1-4H3,(H,30,34). The first-order valence-electron chi connectivity index (χ1n) is 12.8. The van der Waals surface area contributed by atoms with E-state index in [1.807, 2.05) is 61.2 Å². The van der Waals surface area contributed by atoms with Crippen molar-refractivity contribution in [1.29, 1.82) is 0 Å². The van der Waals surface area contributed by atoms with E-state index in [0.717, 1.165) is 56.6 Å². The molecule has 0 saturated carbocycles. The van der Waals surface area contributed by atoms with Crippen molar-refractivity contribution in [2.24, 2.45) is 0 Å². The number of nitrogens with zero attached hydrogens (tertiary/aromatic N) is 2. The minimum absolute atomic E-state index is 0.0504. The summed E-state index contributed by atoms with van der Waals surface area (Å²) in [5.74, 6) is 0.0504. The van der Waals surface area contributed by atoms with Crippen molar-refractivity contribution >= 4 is 23.3 Å². The second-order valence-corrected chi connectivity index (χ2v) is 8.92. The number of ether oxygens (including phenoxy) is 2. The number of methoxy groups -OCH3 is 2. The number of amides is 2. The minimum Gasteiger partial charge on any atom is -0.453 e. The highest BCUT2D eigenvalue weighted by Crippen LogP contribution is 2.34. The molecule has 0 aromatic heterocycles. The Balaban J connectivity index is 1.93. The van der Waals surface area contributed by atoms with Gasteiger partial charge < -0.3 is 19.3 Å². The third-order valence-electron chi connectivity index (χ3n) is 6.69. The van der Waals surface area contributed by atoms with Gasteiger partial charge in [-0.1, -0.05) is 29.8 Å². The van der Waals surface area contributed by atoms with Gasteiger partial charge in [-0.25, -0.2) is 4.79 Å². The monoisotopic (exact) mass is 493 g/mol. The topological polar surface area (TPSA) is 71.1 Å². The number of hydrogen-bond donors (Lipinski definition) is 1. The number of likely N-dealkylation sites (tertiary alicyclic amines) is 1. The van der Waals surface area contributed by atoms with Gasteiger partial charge in [-0.15, -0.1) is 0 Å². The molecule has 0 unspecified atom stereocenters. The van der Waals surface area contributed by atoms with Crippen LogP contribution >= 0.6 is 0 Å². The van der Waals surface area contributed by atoms with E-state index in [2.05, 4.69) is 16.3 Å². The van der Waals surface area contributed by atoms with E-state index in [9.17, 15) is 9.59 Å². The summed E-state index contributed by atoms with van der Waals surface area (Å²) in [6.45, 7) is 9.19. The summed E-state index contributed by atoms with van der Waals surface area (Å²) in [7, 11) is 3.10. The fraction of sp³-hybridized carbons (Fsp3) is 0.448. The highest BCUT2D eigenvalue weighted by molar-refractivity contribution is 5.95. The Labute approximate surface area is 215 Å². The first-order valence-corrected chi connectivity index (χ1v) is 12.8. The van der Waals surface area contributed by atoms with Crippen molar-refractivity contribution in [2.75, 3.05) is 58.9 Å². The van der Waals surface area contributed by atoms with E-state index in [4.69, 9.17) is 9.47 Å². The van der Waals surface area contributed by atoms with Gasteiger partial charge in [0.25, 0.3) is 5.91 Å². The second-order valence-electron chi connectivity index (χ2n) is 8.92. The maximum atomic E-state index is 12.8. The lowest BCUT2D eigenvalue weighted by Gasteiger charge is -2.30. The van der Waals surface area contributed by atoms with Gasteiger partial charge in [-0.05, 0) is 74.1 Å². The number of nitrogens with one attached hydrogen (secondary N) is 1. The molecular weight excluding hydrogens is 454 g/mol. The molecule has 194 valence electrons. The minimum atomic E-state index is -0.495. The van der Waals surface area contributed by atoms with Crippen LogP contribution in [-0.4, -0.2) is 75.4 Å². The molecule has 2 amide bonds.